The van der Waals surface area contributed by atoms with Gasteiger partial charge in [0.2, 0.25) is 0 Å². The minimum Gasteiger partial charge on any atom is -0.489 e. The van der Waals surface area contributed by atoms with Gasteiger partial charge in [-0.3, -0.25) is 0 Å². The quantitative estimate of drug-likeness (QED) is 0.265. The third-order valence-electron chi connectivity index (χ3n) is 3.03. The molecule has 2 rings (SSSR count). The predicted octanol–water partition coefficient (Wildman–Crippen LogP) is 4.54. The molecule has 0 saturated heterocycles. The van der Waals surface area contributed by atoms with Crippen molar-refractivity contribution in [2.45, 2.75) is 19.4 Å². The molecule has 0 bridgehead atoms. The maximum Gasteiger partial charge on any atom is 0.573 e. The highest BCUT2D eigenvalue weighted by Gasteiger charge is 2.32. The highest BCUT2D eigenvalue weighted by atomic mass is 127. The first-order chi connectivity index (χ1) is 12.2. The first-order valence-corrected chi connectivity index (χ1v) is 7.57. The van der Waals surface area contributed by atoms with Gasteiger partial charge in [-0.1, -0.05) is 18.2 Å². The van der Waals surface area contributed by atoms with Gasteiger partial charge in [0.25, 0.3) is 0 Å². The van der Waals surface area contributed by atoms with E-state index in [1.807, 2.05) is 0 Å². The van der Waals surface area contributed by atoms with Gasteiger partial charge in [-0.05, 0) is 31.2 Å². The van der Waals surface area contributed by atoms with Crippen molar-refractivity contribution in [1.82, 2.24) is 0 Å². The molecule has 1 atom stereocenters. The smallest absolute Gasteiger partial charge is 0.489 e. The van der Waals surface area contributed by atoms with Gasteiger partial charge in [0.05, 0.1) is 12.2 Å². The lowest BCUT2D eigenvalue weighted by Gasteiger charge is -2.15. The molecule has 0 aromatic heterocycles. The summed E-state index contributed by atoms with van der Waals surface area (Å²) in [5.41, 5.74) is 5.71. The van der Waals surface area contributed by atoms with Crippen LogP contribution in [0.25, 0.3) is 0 Å². The number of nitrogens with zero attached hydrogens (tertiary/aromatic N) is 1. The van der Waals surface area contributed by atoms with Gasteiger partial charge in [0.15, 0.2) is 11.7 Å². The normalized spacial score (nSPS) is 12.7. The molecule has 0 radical (unpaired) electrons. The lowest BCUT2D eigenvalue weighted by atomic mass is 10.3. The van der Waals surface area contributed by atoms with Crippen LogP contribution in [0.4, 0.5) is 23.2 Å². The second-order valence-corrected chi connectivity index (χ2v) is 5.28. The molecule has 27 heavy (non-hydrogen) atoms. The highest BCUT2D eigenvalue weighted by molar-refractivity contribution is 14.0. The van der Waals surface area contributed by atoms with Crippen LogP contribution in [0.1, 0.15) is 6.92 Å². The Labute approximate surface area is 170 Å². The van der Waals surface area contributed by atoms with E-state index in [2.05, 4.69) is 15.0 Å². The summed E-state index contributed by atoms with van der Waals surface area (Å²) in [4.78, 5) is 4.00. The van der Waals surface area contributed by atoms with Gasteiger partial charge in [0.1, 0.15) is 17.7 Å². The molecule has 0 aliphatic carbocycles. The van der Waals surface area contributed by atoms with Crippen LogP contribution in [0.3, 0.4) is 0 Å². The molecule has 2 aromatic carbocycles. The topological polar surface area (TPSA) is 68.9 Å². The molecule has 0 heterocycles. The third kappa shape index (κ3) is 8.33. The van der Waals surface area contributed by atoms with Crippen molar-refractivity contribution in [2.24, 2.45) is 10.7 Å². The molecule has 0 aliphatic rings. The van der Waals surface area contributed by atoms with Gasteiger partial charge in [-0.2, -0.15) is 0 Å². The second-order valence-electron chi connectivity index (χ2n) is 5.28. The van der Waals surface area contributed by atoms with Crippen molar-refractivity contribution in [3.8, 4) is 11.5 Å². The molecular formula is C17H18F4IN3O2. The lowest BCUT2D eigenvalue weighted by molar-refractivity contribution is -0.274. The molecule has 0 aliphatic heterocycles. The summed E-state index contributed by atoms with van der Waals surface area (Å²) in [6.45, 7) is 1.81. The molecule has 148 valence electrons. The van der Waals surface area contributed by atoms with Crippen molar-refractivity contribution in [1.29, 1.82) is 0 Å². The standard InChI is InChI=1S/C17H17F4N3O2.HI/c1-11(25-13-6-4-5-12(18)9-13)10-23-16(22)24-14-7-2-3-8-15(14)26-17(19,20)21;/h2-9,11H,10H2,1H3,(H3,22,23,24);1H. The van der Waals surface area contributed by atoms with E-state index in [9.17, 15) is 17.6 Å². The fourth-order valence-corrected chi connectivity index (χ4v) is 2.00. The average molecular weight is 499 g/mol. The van der Waals surface area contributed by atoms with E-state index in [4.69, 9.17) is 10.5 Å². The van der Waals surface area contributed by atoms with E-state index in [0.717, 1.165) is 6.07 Å². The van der Waals surface area contributed by atoms with Crippen LogP contribution in [-0.2, 0) is 0 Å². The van der Waals surface area contributed by atoms with Crippen molar-refractivity contribution in [2.75, 3.05) is 11.9 Å². The first kappa shape index (κ1) is 22.8. The Bertz CT molecular complexity index is 772. The Morgan fingerprint density at radius 3 is 2.56 bits per heavy atom. The number of hydrogen-bond acceptors (Lipinski definition) is 3. The highest BCUT2D eigenvalue weighted by Crippen LogP contribution is 2.29. The fraction of sp³-hybridized carbons (Fsp3) is 0.235. The minimum absolute atomic E-state index is 0. The number of anilines is 1. The molecule has 2 aromatic rings. The van der Waals surface area contributed by atoms with Crippen molar-refractivity contribution >= 4 is 35.6 Å². The summed E-state index contributed by atoms with van der Waals surface area (Å²) < 4.78 is 59.7. The lowest BCUT2D eigenvalue weighted by Crippen LogP contribution is -2.26. The van der Waals surface area contributed by atoms with Gasteiger partial charge in [-0.25, -0.2) is 9.38 Å². The van der Waals surface area contributed by atoms with Crippen molar-refractivity contribution in [3.63, 3.8) is 0 Å². The molecule has 0 amide bonds. The van der Waals surface area contributed by atoms with E-state index >= 15 is 0 Å². The number of ether oxygens (including phenoxy) is 2. The van der Waals surface area contributed by atoms with Crippen LogP contribution in [0, 0.1) is 5.82 Å². The van der Waals surface area contributed by atoms with E-state index in [-0.39, 0.29) is 42.2 Å². The van der Waals surface area contributed by atoms with E-state index in [0.29, 0.717) is 5.75 Å². The average Bonchev–Trinajstić information content (AvgIpc) is 2.53. The number of para-hydroxylation sites is 2. The van der Waals surface area contributed by atoms with Crippen LogP contribution in [-0.4, -0.2) is 25.0 Å². The summed E-state index contributed by atoms with van der Waals surface area (Å²) in [6, 6.07) is 11.1. The Morgan fingerprint density at radius 1 is 1.19 bits per heavy atom. The van der Waals surface area contributed by atoms with Crippen LogP contribution in [0.5, 0.6) is 11.5 Å². The minimum atomic E-state index is -4.82. The first-order valence-electron chi connectivity index (χ1n) is 7.57. The molecule has 3 N–H and O–H groups in total. The Kier molecular flexibility index (Phi) is 8.60. The number of halogens is 5. The van der Waals surface area contributed by atoms with E-state index < -0.39 is 24.0 Å². The van der Waals surface area contributed by atoms with Crippen LogP contribution < -0.4 is 20.5 Å². The zero-order chi connectivity index (χ0) is 19.2. The molecule has 0 spiro atoms. The van der Waals surface area contributed by atoms with Crippen LogP contribution >= 0.6 is 24.0 Å². The fourth-order valence-electron chi connectivity index (χ4n) is 2.00. The molecule has 5 nitrogen and oxygen atoms in total. The zero-order valence-electron chi connectivity index (χ0n) is 14.2. The maximum atomic E-state index is 13.1. The Balaban J connectivity index is 0.00000364. The molecular weight excluding hydrogens is 481 g/mol. The van der Waals surface area contributed by atoms with Crippen LogP contribution in [0.15, 0.2) is 53.5 Å². The number of aliphatic imine (C=N–C) groups is 1. The number of hydrogen-bond donors (Lipinski definition) is 2. The summed E-state index contributed by atoms with van der Waals surface area (Å²) >= 11 is 0. The second kappa shape index (κ2) is 10.2. The summed E-state index contributed by atoms with van der Waals surface area (Å²) in [5.74, 6) is -0.635. The Hall–Kier alpha value is -2.24. The van der Waals surface area contributed by atoms with E-state index in [1.54, 1.807) is 13.0 Å². The van der Waals surface area contributed by atoms with Crippen LogP contribution in [0.2, 0.25) is 0 Å². The monoisotopic (exact) mass is 499 g/mol. The summed E-state index contributed by atoms with van der Waals surface area (Å²) in [6.07, 6.45) is -5.25. The largest absolute Gasteiger partial charge is 0.573 e. The van der Waals surface area contributed by atoms with Crippen molar-refractivity contribution in [3.05, 3.63) is 54.3 Å². The van der Waals surface area contributed by atoms with E-state index in [1.165, 1.54) is 36.4 Å². The zero-order valence-corrected chi connectivity index (χ0v) is 16.5. The SMILES string of the molecule is CC(CN=C(N)Nc1ccccc1OC(F)(F)F)Oc1cccc(F)c1.I. The summed E-state index contributed by atoms with van der Waals surface area (Å²) in [5, 5.41) is 2.55. The van der Waals surface area contributed by atoms with Gasteiger partial charge in [0, 0.05) is 6.07 Å². The number of rotatable bonds is 6. The predicted molar refractivity (Wildman–Crippen MR) is 105 cm³/mol. The third-order valence-corrected chi connectivity index (χ3v) is 3.03. The molecule has 0 saturated carbocycles. The number of benzene rings is 2. The molecule has 0 fully saturated rings. The number of alkyl halides is 3. The van der Waals surface area contributed by atoms with Gasteiger partial charge >= 0.3 is 6.36 Å². The summed E-state index contributed by atoms with van der Waals surface area (Å²) in [7, 11) is 0. The molecule has 1 unspecified atom stereocenters. The van der Waals surface area contributed by atoms with Crippen molar-refractivity contribution < 1.29 is 27.0 Å². The Morgan fingerprint density at radius 2 is 1.89 bits per heavy atom. The number of nitrogens with two attached hydrogens (primary N) is 1. The number of nitrogens with one attached hydrogen (secondary N) is 1. The number of guanidine groups is 1. The molecule has 10 heteroatoms. The van der Waals surface area contributed by atoms with Gasteiger partial charge < -0.3 is 20.5 Å². The maximum absolute atomic E-state index is 13.1. The van der Waals surface area contributed by atoms with Gasteiger partial charge in [-0.15, -0.1) is 37.1 Å².